The fourth-order valence-electron chi connectivity index (χ4n) is 2.41. The van der Waals surface area contributed by atoms with Crippen molar-refractivity contribution < 1.29 is 14.7 Å². The quantitative estimate of drug-likeness (QED) is 0.757. The van der Waals surface area contributed by atoms with Gasteiger partial charge < -0.3 is 16.2 Å². The van der Waals surface area contributed by atoms with Crippen molar-refractivity contribution in [3.05, 3.63) is 23.9 Å². The van der Waals surface area contributed by atoms with Gasteiger partial charge >= 0.3 is 5.97 Å². The Hall–Kier alpha value is -2.11. The third-order valence-electron chi connectivity index (χ3n) is 3.38. The number of hydrogen-bond acceptors (Lipinski definition) is 4. The SMILES string of the molecule is NC(=O)c1cccc(NC2CCCC(C(=O)O)C2)n1. The predicted molar refractivity (Wildman–Crippen MR) is 69.8 cm³/mol. The molecule has 1 saturated carbocycles. The lowest BCUT2D eigenvalue weighted by atomic mass is 9.86. The number of amides is 1. The monoisotopic (exact) mass is 263 g/mol. The van der Waals surface area contributed by atoms with Crippen molar-refractivity contribution in [3.63, 3.8) is 0 Å². The summed E-state index contributed by atoms with van der Waals surface area (Å²) in [6, 6.07) is 5.07. The zero-order valence-corrected chi connectivity index (χ0v) is 10.5. The Morgan fingerprint density at radius 1 is 1.37 bits per heavy atom. The molecular weight excluding hydrogens is 246 g/mol. The van der Waals surface area contributed by atoms with Crippen molar-refractivity contribution in [3.8, 4) is 0 Å². The van der Waals surface area contributed by atoms with Gasteiger partial charge in [-0.2, -0.15) is 0 Å². The van der Waals surface area contributed by atoms with Crippen LogP contribution in [0.2, 0.25) is 0 Å². The van der Waals surface area contributed by atoms with Crippen molar-refractivity contribution in [1.29, 1.82) is 0 Å². The van der Waals surface area contributed by atoms with Gasteiger partial charge in [0, 0.05) is 6.04 Å². The molecule has 4 N–H and O–H groups in total. The van der Waals surface area contributed by atoms with Crippen LogP contribution in [-0.4, -0.2) is 28.0 Å². The number of nitrogens with one attached hydrogen (secondary N) is 1. The topological polar surface area (TPSA) is 105 Å². The van der Waals surface area contributed by atoms with Crippen molar-refractivity contribution in [2.24, 2.45) is 11.7 Å². The second-order valence-electron chi connectivity index (χ2n) is 4.82. The highest BCUT2D eigenvalue weighted by molar-refractivity contribution is 5.91. The van der Waals surface area contributed by atoms with Crippen LogP contribution in [0, 0.1) is 5.92 Å². The molecule has 1 aromatic rings. The number of rotatable bonds is 4. The molecule has 0 radical (unpaired) electrons. The molecule has 1 aliphatic carbocycles. The first-order chi connectivity index (χ1) is 9.06. The molecule has 6 heteroatoms. The van der Waals surface area contributed by atoms with Crippen LogP contribution in [0.15, 0.2) is 18.2 Å². The molecule has 19 heavy (non-hydrogen) atoms. The van der Waals surface area contributed by atoms with Gasteiger partial charge in [-0.05, 0) is 31.4 Å². The first-order valence-electron chi connectivity index (χ1n) is 6.32. The molecule has 0 spiro atoms. The number of pyridine rings is 1. The summed E-state index contributed by atoms with van der Waals surface area (Å²) < 4.78 is 0. The van der Waals surface area contributed by atoms with Crippen LogP contribution in [0.3, 0.4) is 0 Å². The highest BCUT2D eigenvalue weighted by Gasteiger charge is 2.27. The number of carbonyl (C=O) groups is 2. The van der Waals surface area contributed by atoms with Gasteiger partial charge in [0.05, 0.1) is 5.92 Å². The Kier molecular flexibility index (Phi) is 3.99. The van der Waals surface area contributed by atoms with Crippen molar-refractivity contribution in [2.75, 3.05) is 5.32 Å². The van der Waals surface area contributed by atoms with Gasteiger partial charge in [0.1, 0.15) is 11.5 Å². The summed E-state index contributed by atoms with van der Waals surface area (Å²) in [4.78, 5) is 26.1. The van der Waals surface area contributed by atoms with Crippen LogP contribution in [-0.2, 0) is 4.79 Å². The van der Waals surface area contributed by atoms with Gasteiger partial charge in [0.25, 0.3) is 5.91 Å². The largest absolute Gasteiger partial charge is 0.481 e. The van der Waals surface area contributed by atoms with Crippen LogP contribution >= 0.6 is 0 Å². The van der Waals surface area contributed by atoms with Gasteiger partial charge in [-0.15, -0.1) is 0 Å². The van der Waals surface area contributed by atoms with Crippen LogP contribution < -0.4 is 11.1 Å². The molecule has 1 amide bonds. The Morgan fingerprint density at radius 3 is 2.84 bits per heavy atom. The molecule has 0 aliphatic heterocycles. The average Bonchev–Trinajstić information content (AvgIpc) is 2.39. The van der Waals surface area contributed by atoms with Crippen LogP contribution in [0.4, 0.5) is 5.82 Å². The van der Waals surface area contributed by atoms with E-state index in [4.69, 9.17) is 10.8 Å². The second-order valence-corrected chi connectivity index (χ2v) is 4.82. The van der Waals surface area contributed by atoms with Gasteiger partial charge in [-0.25, -0.2) is 4.98 Å². The van der Waals surface area contributed by atoms with E-state index in [9.17, 15) is 9.59 Å². The minimum Gasteiger partial charge on any atom is -0.481 e. The van der Waals surface area contributed by atoms with E-state index in [0.29, 0.717) is 12.2 Å². The van der Waals surface area contributed by atoms with Crippen LogP contribution in [0.1, 0.15) is 36.2 Å². The van der Waals surface area contributed by atoms with Crippen LogP contribution in [0.5, 0.6) is 0 Å². The number of nitrogens with zero attached hydrogens (tertiary/aromatic N) is 1. The van der Waals surface area contributed by atoms with Gasteiger partial charge in [0.15, 0.2) is 0 Å². The number of carboxylic acids is 1. The second kappa shape index (κ2) is 5.69. The van der Waals surface area contributed by atoms with E-state index in [0.717, 1.165) is 19.3 Å². The van der Waals surface area contributed by atoms with E-state index >= 15 is 0 Å². The molecule has 6 nitrogen and oxygen atoms in total. The zero-order chi connectivity index (χ0) is 13.8. The maximum Gasteiger partial charge on any atom is 0.306 e. The van der Waals surface area contributed by atoms with Crippen molar-refractivity contribution in [1.82, 2.24) is 4.98 Å². The summed E-state index contributed by atoms with van der Waals surface area (Å²) in [7, 11) is 0. The highest BCUT2D eigenvalue weighted by Crippen LogP contribution is 2.26. The summed E-state index contributed by atoms with van der Waals surface area (Å²) in [5, 5.41) is 12.2. The van der Waals surface area contributed by atoms with E-state index in [1.807, 2.05) is 0 Å². The number of anilines is 1. The summed E-state index contributed by atoms with van der Waals surface area (Å²) in [6.07, 6.45) is 3.09. The van der Waals surface area contributed by atoms with Gasteiger partial charge in [0.2, 0.25) is 0 Å². The number of carboxylic acid groups (broad SMARTS) is 1. The van der Waals surface area contributed by atoms with Crippen molar-refractivity contribution >= 4 is 17.7 Å². The molecule has 0 saturated heterocycles. The van der Waals surface area contributed by atoms with Crippen LogP contribution in [0.25, 0.3) is 0 Å². The molecule has 2 rings (SSSR count). The summed E-state index contributed by atoms with van der Waals surface area (Å²) >= 11 is 0. The Morgan fingerprint density at radius 2 is 2.16 bits per heavy atom. The summed E-state index contributed by atoms with van der Waals surface area (Å²) in [6.45, 7) is 0. The molecule has 1 heterocycles. The minimum absolute atomic E-state index is 0.0745. The number of aliphatic carboxylic acids is 1. The Bertz CT molecular complexity index is 490. The highest BCUT2D eigenvalue weighted by atomic mass is 16.4. The molecule has 1 aliphatic rings. The zero-order valence-electron chi connectivity index (χ0n) is 10.5. The smallest absolute Gasteiger partial charge is 0.306 e. The lowest BCUT2D eigenvalue weighted by molar-refractivity contribution is -0.142. The molecule has 102 valence electrons. The standard InChI is InChI=1S/C13H17N3O3/c14-12(17)10-5-2-6-11(16-10)15-9-4-1-3-8(7-9)13(18)19/h2,5-6,8-9H,1,3-4,7H2,(H2,14,17)(H,15,16)(H,18,19). The third-order valence-corrected chi connectivity index (χ3v) is 3.38. The number of primary amides is 1. The molecule has 1 fully saturated rings. The average molecular weight is 263 g/mol. The van der Waals surface area contributed by atoms with E-state index in [2.05, 4.69) is 10.3 Å². The lowest BCUT2D eigenvalue weighted by Gasteiger charge is -2.27. The van der Waals surface area contributed by atoms with E-state index in [1.165, 1.54) is 0 Å². The van der Waals surface area contributed by atoms with E-state index in [1.54, 1.807) is 18.2 Å². The summed E-state index contributed by atoms with van der Waals surface area (Å²) in [5.74, 6) is -1.06. The Balaban J connectivity index is 2.02. The number of aromatic nitrogens is 1. The molecule has 2 atom stereocenters. The normalized spacial score (nSPS) is 22.7. The van der Waals surface area contributed by atoms with E-state index in [-0.39, 0.29) is 17.7 Å². The third kappa shape index (κ3) is 3.43. The van der Waals surface area contributed by atoms with Gasteiger partial charge in [-0.1, -0.05) is 12.5 Å². The number of nitrogens with two attached hydrogens (primary N) is 1. The maximum atomic E-state index is 11.0. The summed E-state index contributed by atoms with van der Waals surface area (Å²) in [5.41, 5.74) is 5.37. The first-order valence-corrected chi connectivity index (χ1v) is 6.32. The fourth-order valence-corrected chi connectivity index (χ4v) is 2.41. The molecule has 1 aromatic heterocycles. The molecule has 0 aromatic carbocycles. The Labute approximate surface area is 111 Å². The molecule has 2 unspecified atom stereocenters. The first kappa shape index (κ1) is 13.3. The molecular formula is C13H17N3O3. The van der Waals surface area contributed by atoms with E-state index < -0.39 is 11.9 Å². The predicted octanol–water partition coefficient (Wildman–Crippen LogP) is 1.24. The minimum atomic E-state index is -0.745. The lowest BCUT2D eigenvalue weighted by Crippen LogP contribution is -2.31. The van der Waals surface area contributed by atoms with Gasteiger partial charge in [-0.3, -0.25) is 9.59 Å². The van der Waals surface area contributed by atoms with Crippen molar-refractivity contribution in [2.45, 2.75) is 31.7 Å². The number of carbonyl (C=O) groups excluding carboxylic acids is 1. The maximum absolute atomic E-state index is 11.0. The molecule has 0 bridgehead atoms. The fraction of sp³-hybridized carbons (Fsp3) is 0.462. The number of hydrogen-bond donors (Lipinski definition) is 3.